The molecule has 14 heavy (non-hydrogen) atoms. The largest absolute Gasteiger partial charge is 0.328 e. The zero-order valence-corrected chi connectivity index (χ0v) is 8.29. The summed E-state index contributed by atoms with van der Waals surface area (Å²) in [6.07, 6.45) is 4.97. The summed E-state index contributed by atoms with van der Waals surface area (Å²) in [5.74, 6) is 3.54. The summed E-state index contributed by atoms with van der Waals surface area (Å²) < 4.78 is 0. The predicted molar refractivity (Wildman–Crippen MR) is 53.2 cm³/mol. The molecule has 0 spiro atoms. The minimum Gasteiger partial charge on any atom is -0.328 e. The molecule has 0 atom stereocenters. The van der Waals surface area contributed by atoms with E-state index in [1.807, 2.05) is 0 Å². The summed E-state index contributed by atoms with van der Waals surface area (Å²) in [6.45, 7) is 2.23. The van der Waals surface area contributed by atoms with E-state index < -0.39 is 0 Å². The summed E-state index contributed by atoms with van der Waals surface area (Å²) in [7, 11) is 0. The second-order valence-electron chi connectivity index (χ2n) is 4.39. The van der Waals surface area contributed by atoms with E-state index in [2.05, 4.69) is 20.5 Å². The fourth-order valence-corrected chi connectivity index (χ4v) is 2.11. The Hall–Kier alpha value is -0.900. The average Bonchev–Trinajstić information content (AvgIpc) is 2.98. The third-order valence-corrected chi connectivity index (χ3v) is 3.21. The summed E-state index contributed by atoms with van der Waals surface area (Å²) in [5.41, 5.74) is 0. The number of H-pyrrole nitrogens is 1. The van der Waals surface area contributed by atoms with E-state index in [1.54, 1.807) is 0 Å². The maximum absolute atomic E-state index is 4.27. The number of piperidine rings is 1. The molecule has 4 nitrogen and oxygen atoms in total. The summed E-state index contributed by atoms with van der Waals surface area (Å²) in [5, 5.41) is 11.9. The van der Waals surface area contributed by atoms with Crippen LogP contribution in [-0.4, -0.2) is 28.3 Å². The Bertz CT molecular complexity index is 310. The topological polar surface area (TPSA) is 53.6 Å². The molecule has 2 fully saturated rings. The number of hydrogen-bond acceptors (Lipinski definition) is 3. The van der Waals surface area contributed by atoms with Gasteiger partial charge in [-0.2, -0.15) is 0 Å². The first kappa shape index (κ1) is 8.41. The van der Waals surface area contributed by atoms with Crippen molar-refractivity contribution in [2.75, 3.05) is 13.1 Å². The first-order valence-corrected chi connectivity index (χ1v) is 5.56. The number of rotatable bonds is 2. The lowest BCUT2D eigenvalue weighted by atomic mass is 9.98. The molecule has 1 saturated heterocycles. The van der Waals surface area contributed by atoms with Crippen molar-refractivity contribution < 1.29 is 0 Å². The van der Waals surface area contributed by atoms with Crippen molar-refractivity contribution in [1.82, 2.24) is 20.5 Å². The molecule has 0 amide bonds. The van der Waals surface area contributed by atoms with Gasteiger partial charge in [-0.05, 0) is 38.8 Å². The molecule has 76 valence electrons. The molecule has 2 aliphatic rings. The van der Waals surface area contributed by atoms with Crippen LogP contribution >= 0.6 is 0 Å². The third-order valence-electron chi connectivity index (χ3n) is 3.21. The Morgan fingerprint density at radius 3 is 2.00 bits per heavy atom. The molecule has 1 aliphatic carbocycles. The highest BCUT2D eigenvalue weighted by Crippen LogP contribution is 2.38. The van der Waals surface area contributed by atoms with E-state index in [1.165, 1.54) is 25.7 Å². The molecule has 1 aromatic heterocycles. The van der Waals surface area contributed by atoms with Crippen LogP contribution in [0.15, 0.2) is 0 Å². The van der Waals surface area contributed by atoms with Gasteiger partial charge in [0, 0.05) is 11.8 Å². The lowest BCUT2D eigenvalue weighted by Crippen LogP contribution is -2.27. The molecule has 3 rings (SSSR count). The summed E-state index contributed by atoms with van der Waals surface area (Å²) >= 11 is 0. The fourth-order valence-electron chi connectivity index (χ4n) is 2.11. The molecular formula is C10H16N4. The van der Waals surface area contributed by atoms with Crippen LogP contribution in [0.4, 0.5) is 0 Å². The molecule has 1 saturated carbocycles. The first-order valence-electron chi connectivity index (χ1n) is 5.56. The van der Waals surface area contributed by atoms with Gasteiger partial charge in [-0.1, -0.05) is 0 Å². The minimum absolute atomic E-state index is 0.608. The van der Waals surface area contributed by atoms with Crippen molar-refractivity contribution >= 4 is 0 Å². The van der Waals surface area contributed by atoms with Crippen molar-refractivity contribution in [3.63, 3.8) is 0 Å². The highest BCUT2D eigenvalue weighted by Gasteiger charge is 2.28. The van der Waals surface area contributed by atoms with Crippen molar-refractivity contribution in [3.05, 3.63) is 11.6 Å². The third kappa shape index (κ3) is 1.54. The fraction of sp³-hybridized carbons (Fsp3) is 0.800. The minimum atomic E-state index is 0.608. The Balaban J connectivity index is 1.74. The van der Waals surface area contributed by atoms with Crippen LogP contribution in [-0.2, 0) is 0 Å². The first-order chi connectivity index (χ1) is 6.93. The van der Waals surface area contributed by atoms with Crippen LogP contribution in [0.3, 0.4) is 0 Å². The van der Waals surface area contributed by atoms with E-state index in [0.29, 0.717) is 11.8 Å². The predicted octanol–water partition coefficient (Wildman–Crippen LogP) is 1.15. The van der Waals surface area contributed by atoms with Crippen molar-refractivity contribution in [2.24, 2.45) is 0 Å². The quantitative estimate of drug-likeness (QED) is 0.739. The average molecular weight is 192 g/mol. The second kappa shape index (κ2) is 3.35. The van der Waals surface area contributed by atoms with Gasteiger partial charge in [0.25, 0.3) is 0 Å². The Labute approximate surface area is 83.5 Å². The van der Waals surface area contributed by atoms with Crippen LogP contribution in [0.5, 0.6) is 0 Å². The monoisotopic (exact) mass is 192 g/mol. The number of nitrogens with zero attached hydrogens (tertiary/aromatic N) is 2. The number of aromatic amines is 1. The number of aromatic nitrogens is 3. The number of hydrogen-bond donors (Lipinski definition) is 2. The van der Waals surface area contributed by atoms with Gasteiger partial charge in [0.1, 0.15) is 11.6 Å². The van der Waals surface area contributed by atoms with E-state index >= 15 is 0 Å². The molecule has 0 aromatic carbocycles. The smallest absolute Gasteiger partial charge is 0.133 e. The van der Waals surface area contributed by atoms with Crippen LogP contribution in [0.2, 0.25) is 0 Å². The van der Waals surface area contributed by atoms with E-state index in [9.17, 15) is 0 Å². The molecule has 0 bridgehead atoms. The Morgan fingerprint density at radius 1 is 0.857 bits per heavy atom. The van der Waals surface area contributed by atoms with Crippen molar-refractivity contribution in [3.8, 4) is 0 Å². The molecule has 2 heterocycles. The molecule has 0 unspecified atom stereocenters. The molecule has 2 N–H and O–H groups in total. The van der Waals surface area contributed by atoms with Crippen LogP contribution in [0.1, 0.15) is 49.2 Å². The maximum atomic E-state index is 4.27. The Morgan fingerprint density at radius 2 is 1.43 bits per heavy atom. The zero-order valence-electron chi connectivity index (χ0n) is 8.29. The van der Waals surface area contributed by atoms with Gasteiger partial charge in [0.15, 0.2) is 0 Å². The standard InChI is InChI=1S/C10H16N4/c1-2-7(1)9-12-10(14-13-9)8-3-5-11-6-4-8/h7-8,11H,1-6H2,(H,12,13,14). The summed E-state index contributed by atoms with van der Waals surface area (Å²) in [6, 6.07) is 0. The van der Waals surface area contributed by atoms with Crippen molar-refractivity contribution in [2.45, 2.75) is 37.5 Å². The number of nitrogens with one attached hydrogen (secondary N) is 2. The zero-order chi connectivity index (χ0) is 9.38. The van der Waals surface area contributed by atoms with Gasteiger partial charge in [-0.25, -0.2) is 0 Å². The Kier molecular flexibility index (Phi) is 2.01. The normalized spacial score (nSPS) is 24.0. The highest BCUT2D eigenvalue weighted by molar-refractivity contribution is 5.07. The van der Waals surface area contributed by atoms with Crippen LogP contribution < -0.4 is 5.32 Å². The molecular weight excluding hydrogens is 176 g/mol. The lowest BCUT2D eigenvalue weighted by molar-refractivity contribution is 0.446. The van der Waals surface area contributed by atoms with Crippen molar-refractivity contribution in [1.29, 1.82) is 0 Å². The van der Waals surface area contributed by atoms with E-state index in [4.69, 9.17) is 0 Å². The van der Waals surface area contributed by atoms with Gasteiger partial charge in [-0.15, -0.1) is 10.2 Å². The van der Waals surface area contributed by atoms with Gasteiger partial charge in [-0.3, -0.25) is 0 Å². The van der Waals surface area contributed by atoms with Gasteiger partial charge < -0.3 is 10.3 Å². The molecule has 1 aromatic rings. The molecule has 1 aliphatic heterocycles. The van der Waals surface area contributed by atoms with Gasteiger partial charge >= 0.3 is 0 Å². The molecule has 0 radical (unpaired) electrons. The highest BCUT2D eigenvalue weighted by atomic mass is 15.2. The molecule has 4 heteroatoms. The van der Waals surface area contributed by atoms with E-state index in [0.717, 1.165) is 24.7 Å². The van der Waals surface area contributed by atoms with Gasteiger partial charge in [0.05, 0.1) is 0 Å². The second-order valence-corrected chi connectivity index (χ2v) is 4.39. The van der Waals surface area contributed by atoms with E-state index in [-0.39, 0.29) is 0 Å². The lowest BCUT2D eigenvalue weighted by Gasteiger charge is -2.19. The maximum Gasteiger partial charge on any atom is 0.133 e. The SMILES string of the molecule is C1CC(c2nnc(C3CC3)[nH]2)CCN1. The summed E-state index contributed by atoms with van der Waals surface area (Å²) in [4.78, 5) is 3.39. The van der Waals surface area contributed by atoms with Crippen LogP contribution in [0, 0.1) is 0 Å². The van der Waals surface area contributed by atoms with Gasteiger partial charge in [0.2, 0.25) is 0 Å². The van der Waals surface area contributed by atoms with Crippen LogP contribution in [0.25, 0.3) is 0 Å².